The van der Waals surface area contributed by atoms with E-state index in [9.17, 15) is 5.26 Å². The topological polar surface area (TPSA) is 62.5 Å². The van der Waals surface area contributed by atoms with Gasteiger partial charge in [-0.3, -0.25) is 0 Å². The molecule has 0 radical (unpaired) electrons. The van der Waals surface area contributed by atoms with Crippen molar-refractivity contribution < 1.29 is 0 Å². The van der Waals surface area contributed by atoms with Crippen molar-refractivity contribution in [1.82, 2.24) is 15.0 Å². The first-order valence-electron chi connectivity index (χ1n) is 16.9. The number of nitrogens with zero attached hydrogens (tertiary/aromatic N) is 4. The Morgan fingerprint density at radius 1 is 0.553 bits per heavy atom. The Kier molecular flexibility index (Phi) is 7.41. The van der Waals surface area contributed by atoms with Crippen LogP contribution in [0.1, 0.15) is 57.1 Å². The van der Waals surface area contributed by atoms with E-state index >= 15 is 0 Å². The summed E-state index contributed by atoms with van der Waals surface area (Å²) in [5.41, 5.74) is 7.48. The Balaban J connectivity index is 1.25. The zero-order valence-electron chi connectivity index (χ0n) is 27.0. The highest BCUT2D eigenvalue weighted by molar-refractivity contribution is 5.98. The molecule has 2 bridgehead atoms. The highest BCUT2D eigenvalue weighted by atomic mass is 15.0. The van der Waals surface area contributed by atoms with Crippen molar-refractivity contribution in [2.24, 2.45) is 17.8 Å². The molecule has 4 nitrogen and oxygen atoms in total. The molecular formula is C43H38N4. The van der Waals surface area contributed by atoms with Crippen molar-refractivity contribution in [1.29, 1.82) is 5.26 Å². The van der Waals surface area contributed by atoms with Crippen molar-refractivity contribution in [3.8, 4) is 51.4 Å². The van der Waals surface area contributed by atoms with E-state index in [-0.39, 0.29) is 0 Å². The molecule has 2 fully saturated rings. The average molecular weight is 611 g/mol. The molecule has 4 atom stereocenters. The Morgan fingerprint density at radius 2 is 1.15 bits per heavy atom. The molecule has 0 spiro atoms. The number of benzene rings is 5. The van der Waals surface area contributed by atoms with Crippen LogP contribution in [0.4, 0.5) is 0 Å². The fourth-order valence-electron chi connectivity index (χ4n) is 8.92. The molecule has 0 saturated heterocycles. The molecule has 1 unspecified atom stereocenters. The quantitative estimate of drug-likeness (QED) is 0.195. The van der Waals surface area contributed by atoms with Gasteiger partial charge in [-0.1, -0.05) is 117 Å². The normalized spacial score (nSPS) is 22.1. The zero-order valence-corrected chi connectivity index (χ0v) is 27.0. The van der Waals surface area contributed by atoms with E-state index in [1.165, 1.54) is 37.7 Å². The third kappa shape index (κ3) is 5.40. The van der Waals surface area contributed by atoms with Gasteiger partial charge in [-0.05, 0) is 89.5 Å². The average Bonchev–Trinajstić information content (AvgIpc) is 3.11. The van der Waals surface area contributed by atoms with Crippen LogP contribution in [0, 0.1) is 29.1 Å². The van der Waals surface area contributed by atoms with E-state index in [0.29, 0.717) is 28.5 Å². The van der Waals surface area contributed by atoms with Gasteiger partial charge in [-0.15, -0.1) is 0 Å². The lowest BCUT2D eigenvalue weighted by Gasteiger charge is -2.50. The molecule has 5 aromatic carbocycles. The Labute approximate surface area is 277 Å². The predicted octanol–water partition coefficient (Wildman–Crippen LogP) is 10.7. The maximum Gasteiger partial charge on any atom is 0.164 e. The minimum atomic E-state index is 0.301. The molecule has 2 aliphatic rings. The second-order valence-electron chi connectivity index (χ2n) is 14.1. The van der Waals surface area contributed by atoms with Crippen molar-refractivity contribution in [2.45, 2.75) is 51.4 Å². The lowest BCUT2D eigenvalue weighted by atomic mass is 9.54. The molecule has 6 aromatic rings. The highest BCUT2D eigenvalue weighted by Crippen LogP contribution is 2.54. The van der Waals surface area contributed by atoms with Crippen LogP contribution in [0.2, 0.25) is 0 Å². The lowest BCUT2D eigenvalue weighted by Crippen LogP contribution is -2.42. The Hall–Kier alpha value is -5.14. The SMILES string of the molecule is C[C@@H]1C[C@@H]2C[C@H](C)CC(c3ccc(-c4ccccc4-c4nc(-c5ccccc5)nc(-c5ccc(C#N)c6ccccc56)n4)cc3)(C1)C2. The second-order valence-corrected chi connectivity index (χ2v) is 14.1. The summed E-state index contributed by atoms with van der Waals surface area (Å²) in [6, 6.07) is 42.1. The molecule has 1 heterocycles. The van der Waals surface area contributed by atoms with Gasteiger partial charge in [0.2, 0.25) is 0 Å². The van der Waals surface area contributed by atoms with E-state index in [4.69, 9.17) is 15.0 Å². The van der Waals surface area contributed by atoms with Crippen molar-refractivity contribution in [2.75, 3.05) is 0 Å². The van der Waals surface area contributed by atoms with E-state index < -0.39 is 0 Å². The summed E-state index contributed by atoms with van der Waals surface area (Å²) in [6.45, 7) is 4.91. The van der Waals surface area contributed by atoms with Crippen LogP contribution < -0.4 is 0 Å². The minimum absolute atomic E-state index is 0.301. The van der Waals surface area contributed by atoms with Gasteiger partial charge in [0.15, 0.2) is 17.5 Å². The number of fused-ring (bicyclic) bond motifs is 3. The maximum absolute atomic E-state index is 9.79. The first-order chi connectivity index (χ1) is 23.0. The summed E-state index contributed by atoms with van der Waals surface area (Å²) >= 11 is 0. The molecule has 2 saturated carbocycles. The van der Waals surface area contributed by atoms with Crippen LogP contribution in [-0.2, 0) is 5.41 Å². The number of aromatic nitrogens is 3. The molecule has 2 aliphatic carbocycles. The van der Waals surface area contributed by atoms with E-state index in [1.807, 2.05) is 66.7 Å². The summed E-state index contributed by atoms with van der Waals surface area (Å²) in [5, 5.41) is 11.6. The van der Waals surface area contributed by atoms with Gasteiger partial charge in [0.05, 0.1) is 11.6 Å². The fraction of sp³-hybridized carbons (Fsp3) is 0.256. The maximum atomic E-state index is 9.79. The lowest BCUT2D eigenvalue weighted by molar-refractivity contribution is 0.0780. The van der Waals surface area contributed by atoms with Gasteiger partial charge in [-0.25, -0.2) is 15.0 Å². The van der Waals surface area contributed by atoms with Crippen LogP contribution in [0.3, 0.4) is 0 Å². The van der Waals surface area contributed by atoms with Gasteiger partial charge in [0.25, 0.3) is 0 Å². The third-order valence-corrected chi connectivity index (χ3v) is 10.6. The molecule has 0 amide bonds. The number of rotatable bonds is 5. The number of hydrogen-bond acceptors (Lipinski definition) is 4. The molecule has 8 rings (SSSR count). The van der Waals surface area contributed by atoms with Crippen LogP contribution in [0.25, 0.3) is 56.1 Å². The molecule has 47 heavy (non-hydrogen) atoms. The number of hydrogen-bond donors (Lipinski definition) is 0. The van der Waals surface area contributed by atoms with E-state index in [2.05, 4.69) is 68.4 Å². The summed E-state index contributed by atoms with van der Waals surface area (Å²) in [7, 11) is 0. The zero-order chi connectivity index (χ0) is 32.0. The predicted molar refractivity (Wildman–Crippen MR) is 190 cm³/mol. The van der Waals surface area contributed by atoms with Crippen molar-refractivity contribution >= 4 is 10.8 Å². The van der Waals surface area contributed by atoms with E-state index in [1.54, 1.807) is 0 Å². The Morgan fingerprint density at radius 3 is 1.85 bits per heavy atom. The summed E-state index contributed by atoms with van der Waals surface area (Å²) in [4.78, 5) is 15.2. The fourth-order valence-corrected chi connectivity index (χ4v) is 8.92. The summed E-state index contributed by atoms with van der Waals surface area (Å²) < 4.78 is 0. The molecule has 0 aliphatic heterocycles. The van der Waals surface area contributed by atoms with Gasteiger partial charge in [0.1, 0.15) is 0 Å². The Bertz CT molecular complexity index is 2110. The second kappa shape index (κ2) is 11.9. The van der Waals surface area contributed by atoms with Crippen molar-refractivity contribution in [3.63, 3.8) is 0 Å². The van der Waals surface area contributed by atoms with Crippen LogP contribution in [0.15, 0.2) is 115 Å². The first kappa shape index (κ1) is 29.3. The van der Waals surface area contributed by atoms with Gasteiger partial charge in [0, 0.05) is 22.1 Å². The summed E-state index contributed by atoms with van der Waals surface area (Å²) in [6.07, 6.45) is 6.69. The molecule has 230 valence electrons. The van der Waals surface area contributed by atoms with E-state index in [0.717, 1.165) is 56.3 Å². The first-order valence-corrected chi connectivity index (χ1v) is 16.9. The molecular weight excluding hydrogens is 573 g/mol. The third-order valence-electron chi connectivity index (χ3n) is 10.6. The largest absolute Gasteiger partial charge is 0.208 e. The molecule has 1 aromatic heterocycles. The summed E-state index contributed by atoms with van der Waals surface area (Å²) in [5.74, 6) is 4.26. The van der Waals surface area contributed by atoms with Gasteiger partial charge in [-0.2, -0.15) is 5.26 Å². The van der Waals surface area contributed by atoms with Crippen molar-refractivity contribution in [3.05, 3.63) is 126 Å². The van der Waals surface area contributed by atoms with Crippen LogP contribution in [-0.4, -0.2) is 15.0 Å². The number of nitriles is 1. The molecule has 0 N–H and O–H groups in total. The standard InChI is InChI=1S/C43H38N4/c1-28-22-30-23-29(2)25-43(24-28,26-30)34-19-16-31(17-20-34)35-12-7-9-15-38(35)41-45-40(32-10-4-3-5-11-32)46-42(47-41)39-21-18-33(27-44)36-13-6-8-14-37(36)39/h3-21,28-30H,22-26H2,1-2H3/t28-,29+,30-,43?. The highest BCUT2D eigenvalue weighted by Gasteiger charge is 2.45. The molecule has 4 heteroatoms. The van der Waals surface area contributed by atoms with Crippen LogP contribution >= 0.6 is 0 Å². The van der Waals surface area contributed by atoms with Gasteiger partial charge >= 0.3 is 0 Å². The van der Waals surface area contributed by atoms with Crippen LogP contribution in [0.5, 0.6) is 0 Å². The smallest absolute Gasteiger partial charge is 0.164 e. The monoisotopic (exact) mass is 610 g/mol. The minimum Gasteiger partial charge on any atom is -0.208 e. The van der Waals surface area contributed by atoms with Gasteiger partial charge < -0.3 is 0 Å².